The summed E-state index contributed by atoms with van der Waals surface area (Å²) < 4.78 is 27.1. The first kappa shape index (κ1) is 27.1. The Morgan fingerprint density at radius 2 is 2.02 bits per heavy atom. The molecule has 15 heteroatoms. The molecule has 0 saturated carbocycles. The second-order valence-corrected chi connectivity index (χ2v) is 9.36. The summed E-state index contributed by atoms with van der Waals surface area (Å²) in [4.78, 5) is 30.3. The van der Waals surface area contributed by atoms with E-state index in [0.29, 0.717) is 67.5 Å². The lowest BCUT2D eigenvalue weighted by Crippen LogP contribution is -2.48. The van der Waals surface area contributed by atoms with Crippen LogP contribution in [0.1, 0.15) is 0 Å². The Kier molecular flexibility index (Phi) is 8.21. The van der Waals surface area contributed by atoms with E-state index in [9.17, 15) is 9.18 Å². The predicted octanol–water partition coefficient (Wildman–Crippen LogP) is 0.213. The molecule has 4 heterocycles. The van der Waals surface area contributed by atoms with Crippen molar-refractivity contribution >= 4 is 29.3 Å². The number of nitrogens with zero attached hydrogens (tertiary/aromatic N) is 8. The van der Waals surface area contributed by atoms with Crippen molar-refractivity contribution < 1.29 is 18.3 Å². The van der Waals surface area contributed by atoms with Gasteiger partial charge in [0.15, 0.2) is 5.76 Å². The van der Waals surface area contributed by atoms with Crippen molar-refractivity contribution in [1.29, 1.82) is 0 Å². The summed E-state index contributed by atoms with van der Waals surface area (Å²) in [5.41, 5.74) is 11.7. The molecule has 1 aromatic carbocycles. The summed E-state index contributed by atoms with van der Waals surface area (Å²) in [6.07, 6.45) is 1.55. The fraction of sp³-hybridized carbons (Fsp3) is 0.400. The van der Waals surface area contributed by atoms with Gasteiger partial charge in [-0.25, -0.2) is 4.39 Å². The number of nitrogen functional groups attached to an aromatic ring is 1. The number of halogens is 1. The van der Waals surface area contributed by atoms with Gasteiger partial charge < -0.3 is 35.7 Å². The Balaban J connectivity index is 1.10. The number of likely N-dealkylation sites (N-methyl/N-ethyl adjacent to an activating group) is 1. The van der Waals surface area contributed by atoms with Crippen LogP contribution in [0.15, 0.2) is 41.0 Å². The molecule has 0 unspecified atom stereocenters. The fourth-order valence-electron chi connectivity index (χ4n) is 4.37. The smallest absolute Gasteiger partial charge is 0.259 e. The van der Waals surface area contributed by atoms with Crippen molar-refractivity contribution in [2.75, 3.05) is 81.5 Å². The van der Waals surface area contributed by atoms with Crippen LogP contribution >= 0.6 is 0 Å². The van der Waals surface area contributed by atoms with E-state index >= 15 is 0 Å². The van der Waals surface area contributed by atoms with Crippen molar-refractivity contribution in [3.63, 3.8) is 0 Å². The molecule has 0 spiro atoms. The molecule has 1 aliphatic heterocycles. The maximum atomic E-state index is 14.8. The molecule has 212 valence electrons. The molecule has 1 fully saturated rings. The number of rotatable bonds is 12. The van der Waals surface area contributed by atoms with Gasteiger partial charge >= 0.3 is 0 Å². The van der Waals surface area contributed by atoms with Crippen LogP contribution in [0.2, 0.25) is 0 Å². The number of nitrogens with two attached hydrogens (primary N) is 2. The second-order valence-electron chi connectivity index (χ2n) is 9.36. The zero-order chi connectivity index (χ0) is 28.1. The average molecular weight is 554 g/mol. The van der Waals surface area contributed by atoms with Crippen molar-refractivity contribution in [3.05, 3.63) is 42.4 Å². The highest BCUT2D eigenvalue weighted by Gasteiger charge is 2.21. The molecule has 1 saturated heterocycles. The van der Waals surface area contributed by atoms with E-state index in [-0.39, 0.29) is 18.3 Å². The zero-order valence-corrected chi connectivity index (χ0v) is 22.2. The summed E-state index contributed by atoms with van der Waals surface area (Å²) in [6.45, 7) is 5.23. The fourth-order valence-corrected chi connectivity index (χ4v) is 4.37. The SMILES string of the molecule is CN(CCN1CCN(c2ccc(OCCNCC(N)=O)cc2F)CC1)c1nc(N)n2nc(-c3ccco3)nc2n1. The van der Waals surface area contributed by atoms with Crippen LogP contribution in [0.3, 0.4) is 0 Å². The third-order valence-corrected chi connectivity index (χ3v) is 6.54. The highest BCUT2D eigenvalue weighted by Crippen LogP contribution is 2.25. The number of benzene rings is 1. The summed E-state index contributed by atoms with van der Waals surface area (Å²) in [7, 11) is 1.90. The Morgan fingerprint density at radius 1 is 1.20 bits per heavy atom. The molecule has 4 aromatic rings. The molecular formula is C25H32FN11O3. The minimum Gasteiger partial charge on any atom is -0.492 e. The van der Waals surface area contributed by atoms with Crippen molar-refractivity contribution in [3.8, 4) is 17.3 Å². The summed E-state index contributed by atoms with van der Waals surface area (Å²) in [5.74, 6) is 1.56. The van der Waals surface area contributed by atoms with Gasteiger partial charge in [-0.05, 0) is 24.3 Å². The van der Waals surface area contributed by atoms with Gasteiger partial charge in [0.25, 0.3) is 5.78 Å². The van der Waals surface area contributed by atoms with Gasteiger partial charge in [-0.1, -0.05) is 0 Å². The number of hydrogen-bond acceptors (Lipinski definition) is 12. The molecule has 0 aliphatic carbocycles. The van der Waals surface area contributed by atoms with Crippen LogP contribution in [0, 0.1) is 5.82 Å². The van der Waals surface area contributed by atoms with Crippen LogP contribution in [0.25, 0.3) is 17.4 Å². The van der Waals surface area contributed by atoms with E-state index < -0.39 is 5.91 Å². The first-order chi connectivity index (χ1) is 19.4. The number of hydrogen-bond donors (Lipinski definition) is 3. The lowest BCUT2D eigenvalue weighted by molar-refractivity contribution is -0.117. The number of aromatic nitrogens is 5. The Bertz CT molecular complexity index is 1440. The van der Waals surface area contributed by atoms with Gasteiger partial charge in [0.2, 0.25) is 23.6 Å². The molecule has 1 aliphatic rings. The Labute approximate surface area is 229 Å². The number of carbonyl (C=O) groups is 1. The van der Waals surface area contributed by atoms with E-state index in [4.69, 9.17) is 20.6 Å². The quantitative estimate of drug-likeness (QED) is 0.204. The topological polar surface area (TPSA) is 169 Å². The summed E-state index contributed by atoms with van der Waals surface area (Å²) in [5, 5.41) is 7.17. The average Bonchev–Trinajstić information content (AvgIpc) is 3.62. The van der Waals surface area contributed by atoms with E-state index in [1.54, 1.807) is 30.5 Å². The number of piperazine rings is 1. The first-order valence-electron chi connectivity index (χ1n) is 12.9. The minimum absolute atomic E-state index is 0.0774. The van der Waals surface area contributed by atoms with Gasteiger partial charge in [0.1, 0.15) is 18.2 Å². The number of anilines is 3. The number of fused-ring (bicyclic) bond motifs is 1. The number of furan rings is 1. The lowest BCUT2D eigenvalue weighted by atomic mass is 10.2. The number of amides is 1. The molecular weight excluding hydrogens is 521 g/mol. The molecule has 3 aromatic heterocycles. The molecule has 5 N–H and O–H groups in total. The van der Waals surface area contributed by atoms with Gasteiger partial charge in [-0.3, -0.25) is 9.69 Å². The first-order valence-corrected chi connectivity index (χ1v) is 12.9. The third kappa shape index (κ3) is 6.38. The van der Waals surface area contributed by atoms with Crippen LogP contribution in [0.5, 0.6) is 5.75 Å². The molecule has 0 radical (unpaired) electrons. The largest absolute Gasteiger partial charge is 0.492 e. The van der Waals surface area contributed by atoms with Crippen molar-refractivity contribution in [2.45, 2.75) is 0 Å². The third-order valence-electron chi connectivity index (χ3n) is 6.54. The summed E-state index contributed by atoms with van der Waals surface area (Å²) >= 11 is 0. The number of primary amides is 1. The van der Waals surface area contributed by atoms with Gasteiger partial charge in [-0.15, -0.1) is 5.10 Å². The highest BCUT2D eigenvalue weighted by atomic mass is 19.1. The van der Waals surface area contributed by atoms with Crippen LogP contribution < -0.4 is 31.3 Å². The van der Waals surface area contributed by atoms with Gasteiger partial charge in [0.05, 0.1) is 18.5 Å². The second kappa shape index (κ2) is 12.1. The van der Waals surface area contributed by atoms with Crippen LogP contribution in [0.4, 0.5) is 22.0 Å². The normalized spacial score (nSPS) is 14.1. The number of nitrogens with one attached hydrogen (secondary N) is 1. The van der Waals surface area contributed by atoms with E-state index in [0.717, 1.165) is 19.6 Å². The Morgan fingerprint density at radius 3 is 2.75 bits per heavy atom. The van der Waals surface area contributed by atoms with Crippen molar-refractivity contribution in [2.24, 2.45) is 5.73 Å². The minimum atomic E-state index is -0.438. The number of ether oxygens (including phenoxy) is 1. The van der Waals surface area contributed by atoms with E-state index in [2.05, 4.69) is 30.3 Å². The molecule has 14 nitrogen and oxygen atoms in total. The molecule has 0 bridgehead atoms. The molecule has 0 atom stereocenters. The predicted molar refractivity (Wildman–Crippen MR) is 147 cm³/mol. The van der Waals surface area contributed by atoms with Crippen molar-refractivity contribution in [1.82, 2.24) is 34.8 Å². The number of carbonyl (C=O) groups excluding carboxylic acids is 1. The highest BCUT2D eigenvalue weighted by molar-refractivity contribution is 5.75. The lowest BCUT2D eigenvalue weighted by Gasteiger charge is -2.36. The molecule has 5 rings (SSSR count). The standard InChI is InChI=1S/C25H32FN11O3/c1-34(24-31-23(28)37-25(32-24)30-22(33-37)20-3-2-13-40-20)7-8-35-9-11-36(12-10-35)19-5-4-17(15-18(19)26)39-14-6-29-16-21(27)38/h2-5,13,15,29H,6-12,14,16H2,1H3,(H2,27,38)(H2,28,30,31,32,33). The molecule has 40 heavy (non-hydrogen) atoms. The van der Waals surface area contributed by atoms with E-state index in [1.165, 1.54) is 10.6 Å². The zero-order valence-electron chi connectivity index (χ0n) is 22.2. The van der Waals surface area contributed by atoms with Crippen LogP contribution in [-0.2, 0) is 4.79 Å². The van der Waals surface area contributed by atoms with E-state index in [1.807, 2.05) is 16.8 Å². The van der Waals surface area contributed by atoms with Crippen LogP contribution in [-0.4, -0.2) is 101 Å². The Hall–Kier alpha value is -4.50. The summed E-state index contributed by atoms with van der Waals surface area (Å²) in [6, 6.07) is 8.41. The van der Waals surface area contributed by atoms with Gasteiger partial charge in [-0.2, -0.15) is 19.5 Å². The molecule has 1 amide bonds. The van der Waals surface area contributed by atoms with Gasteiger partial charge in [0, 0.05) is 58.9 Å². The maximum Gasteiger partial charge on any atom is 0.259 e. The maximum absolute atomic E-state index is 14.8. The monoisotopic (exact) mass is 553 g/mol.